The monoisotopic (exact) mass is 1390 g/mol. The highest BCUT2D eigenvalue weighted by Gasteiger charge is 2.48. The Morgan fingerprint density at radius 1 is 0.653 bits per heavy atom. The van der Waals surface area contributed by atoms with Crippen molar-refractivity contribution in [2.45, 2.75) is 118 Å². The number of benzene rings is 4. The average molecular weight is 1390 g/mol. The standard InChI is InChI=1S/C66H75F2N15O13S2/c1-66-15-3-16-83(66)64(95)52(19-35-6-10-43(84)11-7-35)81-62(93)50(24-42-29-71-34-75-42)79-63(94)51(25-57(87)88)80-61(92)49(21-39-28-73-47-13-9-41(68)23-45(39)47)78-60(91)48(20-38-27-72-46-12-8-40(67)22-44(38)46)76-56(86)30-74-59(90)53(26-69)77-55(85)14-17-97-31-36-4-2-5-37(18-36)32-98-33-54(58(70)89)82-65(66)96/h2,4-13,18,22-23,27-29,34,48-54,72-73,84H,3,14-17,19-21,24-26,30-33,69H2,1H3,(H2,70,89)(H,71,75)(H,74,90)(H,76,86)(H,77,85)(H,78,91)(H,79,94)(H,80,92)(H,81,93)(H,82,96)(H,87,88)/t48-,49-,50+,51-,52-,53+,54-,66-/m0/s1. The molecule has 0 aliphatic carbocycles. The fourth-order valence-electron chi connectivity index (χ4n) is 11.6. The van der Waals surface area contributed by atoms with Crippen molar-refractivity contribution < 1.29 is 71.7 Å². The summed E-state index contributed by atoms with van der Waals surface area (Å²) < 4.78 is 29.7. The van der Waals surface area contributed by atoms with Crippen LogP contribution in [0.15, 0.2) is 110 Å². The largest absolute Gasteiger partial charge is 0.508 e. The van der Waals surface area contributed by atoms with Gasteiger partial charge in [0.1, 0.15) is 65.2 Å². The first kappa shape index (κ1) is 71.9. The molecule has 7 aromatic rings. The van der Waals surface area contributed by atoms with Gasteiger partial charge in [-0.05, 0) is 96.1 Å². The number of carbonyl (C=O) groups excluding carboxylic acids is 10. The maximum absolute atomic E-state index is 15.2. The van der Waals surface area contributed by atoms with Crippen molar-refractivity contribution in [3.8, 4) is 5.75 Å². The first-order valence-corrected chi connectivity index (χ1v) is 33.7. The molecule has 32 heteroatoms. The lowest BCUT2D eigenvalue weighted by atomic mass is 9.95. The van der Waals surface area contributed by atoms with Crippen molar-refractivity contribution in [2.24, 2.45) is 11.5 Å². The van der Waals surface area contributed by atoms with Gasteiger partial charge in [0, 0.05) is 114 Å². The molecule has 0 saturated carbocycles. The summed E-state index contributed by atoms with van der Waals surface area (Å²) in [6.07, 6.45) is 3.27. The van der Waals surface area contributed by atoms with Crippen LogP contribution in [-0.4, -0.2) is 179 Å². The van der Waals surface area contributed by atoms with Crippen LogP contribution < -0.4 is 54.0 Å². The Hall–Kier alpha value is -10.3. The maximum Gasteiger partial charge on any atom is 0.305 e. The smallest absolute Gasteiger partial charge is 0.305 e. The van der Waals surface area contributed by atoms with Gasteiger partial charge in [-0.15, -0.1) is 0 Å². The van der Waals surface area contributed by atoms with Gasteiger partial charge < -0.3 is 84.1 Å². The Morgan fingerprint density at radius 3 is 1.82 bits per heavy atom. The average Bonchev–Trinajstić information content (AvgIpc) is 1.58. The number of phenols is 1. The highest BCUT2D eigenvalue weighted by Crippen LogP contribution is 2.32. The Bertz CT molecular complexity index is 4100. The number of nitrogens with one attached hydrogen (secondary N) is 11. The molecule has 0 radical (unpaired) electrons. The van der Waals surface area contributed by atoms with E-state index >= 15 is 4.79 Å². The number of halogens is 2. The lowest BCUT2D eigenvalue weighted by molar-refractivity contribution is -0.147. The third kappa shape index (κ3) is 19.0. The van der Waals surface area contributed by atoms with E-state index in [0.717, 1.165) is 17.2 Å². The van der Waals surface area contributed by atoms with Crippen LogP contribution in [0, 0.1) is 11.6 Å². The van der Waals surface area contributed by atoms with E-state index in [4.69, 9.17) is 11.5 Å². The van der Waals surface area contributed by atoms with Gasteiger partial charge in [-0.3, -0.25) is 52.7 Å². The topological polar surface area (TPSA) is 440 Å². The van der Waals surface area contributed by atoms with Gasteiger partial charge in [0.2, 0.25) is 59.1 Å². The molecule has 2 aliphatic heterocycles. The number of thioether (sulfide) groups is 2. The summed E-state index contributed by atoms with van der Waals surface area (Å²) in [4.78, 5) is 170. The summed E-state index contributed by atoms with van der Waals surface area (Å²) in [5.74, 6) is -11.0. The van der Waals surface area contributed by atoms with E-state index in [2.05, 4.69) is 62.5 Å². The first-order valence-electron chi connectivity index (χ1n) is 31.3. The van der Waals surface area contributed by atoms with Crippen LogP contribution in [0.3, 0.4) is 0 Å². The normalized spacial score (nSPS) is 23.0. The summed E-state index contributed by atoms with van der Waals surface area (Å²) in [5.41, 5.74) is 14.0. The molecular weight excluding hydrogens is 1310 g/mol. The third-order valence-corrected chi connectivity index (χ3v) is 19.0. The summed E-state index contributed by atoms with van der Waals surface area (Å²) in [6, 6.07) is 9.64. The second kappa shape index (κ2) is 33.1. The number of carboxylic acid groups (broad SMARTS) is 1. The number of rotatable bonds is 12. The minimum Gasteiger partial charge on any atom is -0.508 e. The molecular formula is C66H75F2N15O13S2. The molecule has 4 aromatic carbocycles. The second-order valence-corrected chi connectivity index (χ2v) is 26.2. The molecule has 2 bridgehead atoms. The minimum atomic E-state index is -2.05. The third-order valence-electron chi connectivity index (χ3n) is 16.8. The number of primary amides is 1. The van der Waals surface area contributed by atoms with E-state index in [1.165, 1.54) is 115 Å². The quantitative estimate of drug-likeness (QED) is 0.0811. The van der Waals surface area contributed by atoms with Crippen molar-refractivity contribution >= 4 is 110 Å². The van der Waals surface area contributed by atoms with Crippen molar-refractivity contribution in [2.75, 3.05) is 31.1 Å². The number of nitrogens with zero attached hydrogens (tertiary/aromatic N) is 2. The molecule has 98 heavy (non-hydrogen) atoms. The number of amides is 10. The zero-order valence-corrected chi connectivity index (χ0v) is 54.7. The number of H-pyrrole nitrogens is 3. The molecule has 1 fully saturated rings. The lowest BCUT2D eigenvalue weighted by Crippen LogP contribution is -2.63. The molecule has 1 saturated heterocycles. The molecule has 0 unspecified atom stereocenters. The van der Waals surface area contributed by atoms with Crippen molar-refractivity contribution in [3.63, 3.8) is 0 Å². The SMILES string of the molecule is C[C@@]12CCCN1C(=O)[C@H](Cc1ccc(O)cc1)NC(=O)[C@@H](Cc1cnc[nH]1)NC(=O)[C@H](CC(=O)O)NC(=O)[C@H](Cc1c[nH]c3ccc(F)cc13)NC(=O)[C@H](Cc1c[nH]c3ccc(F)cc13)NC(=O)CNC(=O)[C@@H](CN)NC(=O)CCSCc1cccc(c1)CSC[C@@H](C(N)=O)NC2=O. The zero-order chi connectivity index (χ0) is 70.2. The van der Waals surface area contributed by atoms with Crippen LogP contribution in [0.1, 0.15) is 66.1 Å². The van der Waals surface area contributed by atoms with Crippen LogP contribution in [-0.2, 0) is 89.9 Å². The predicted molar refractivity (Wildman–Crippen MR) is 358 cm³/mol. The van der Waals surface area contributed by atoms with E-state index in [1.807, 2.05) is 24.3 Å². The van der Waals surface area contributed by atoms with Crippen LogP contribution in [0.5, 0.6) is 5.75 Å². The number of carbonyl (C=O) groups is 11. The molecule has 10 amide bonds. The van der Waals surface area contributed by atoms with E-state index in [9.17, 15) is 66.9 Å². The van der Waals surface area contributed by atoms with E-state index in [1.54, 1.807) is 0 Å². The number of imidazole rings is 1. The van der Waals surface area contributed by atoms with Crippen molar-refractivity contribution in [1.82, 2.24) is 67.4 Å². The first-order chi connectivity index (χ1) is 46.9. The predicted octanol–water partition coefficient (Wildman–Crippen LogP) is 1.01. The summed E-state index contributed by atoms with van der Waals surface area (Å²) in [6.45, 7) is 0.370. The number of nitrogens with two attached hydrogens (primary N) is 2. The summed E-state index contributed by atoms with van der Waals surface area (Å²) >= 11 is 2.75. The highest BCUT2D eigenvalue weighted by atomic mass is 32.2. The molecule has 8 atom stereocenters. The molecule has 3 aromatic heterocycles. The Balaban J connectivity index is 1.05. The molecule has 2 aliphatic rings. The van der Waals surface area contributed by atoms with Gasteiger partial charge in [-0.25, -0.2) is 13.8 Å². The summed E-state index contributed by atoms with van der Waals surface area (Å²) in [5, 5.41) is 41.6. The Labute approximate surface area is 567 Å². The minimum absolute atomic E-state index is 0.0138. The second-order valence-electron chi connectivity index (χ2n) is 24.0. The van der Waals surface area contributed by atoms with Crippen LogP contribution in [0.4, 0.5) is 8.78 Å². The number of hydrogen-bond donors (Lipinski definition) is 15. The van der Waals surface area contributed by atoms with Crippen molar-refractivity contribution in [3.05, 3.63) is 155 Å². The van der Waals surface area contributed by atoms with Gasteiger partial charge >= 0.3 is 5.97 Å². The fraction of sp³-hybridized carbons (Fsp3) is 0.364. The highest BCUT2D eigenvalue weighted by molar-refractivity contribution is 7.98. The number of phenolic OH excluding ortho intramolecular Hbond substituents is 1. The number of aromatic amines is 3. The summed E-state index contributed by atoms with van der Waals surface area (Å²) in [7, 11) is 0. The van der Waals surface area contributed by atoms with Crippen LogP contribution in [0.25, 0.3) is 21.8 Å². The van der Waals surface area contributed by atoms with Crippen molar-refractivity contribution in [1.29, 1.82) is 0 Å². The lowest BCUT2D eigenvalue weighted by Gasteiger charge is -2.37. The number of aromatic hydroxyl groups is 1. The van der Waals surface area contributed by atoms with Gasteiger partial charge in [-0.1, -0.05) is 36.4 Å². The number of carboxylic acids is 1. The molecule has 0 spiro atoms. The molecule has 9 rings (SSSR count). The van der Waals surface area contributed by atoms with Gasteiger partial charge in [0.15, 0.2) is 0 Å². The van der Waals surface area contributed by atoms with E-state index in [0.29, 0.717) is 51.2 Å². The molecule has 28 nitrogen and oxygen atoms in total. The van der Waals surface area contributed by atoms with Gasteiger partial charge in [-0.2, -0.15) is 23.5 Å². The Kier molecular flexibility index (Phi) is 24.3. The maximum atomic E-state index is 15.2. The molecule has 5 heterocycles. The van der Waals surface area contributed by atoms with E-state index < -0.39 is 144 Å². The van der Waals surface area contributed by atoms with Crippen LogP contribution >= 0.6 is 23.5 Å². The molecule has 17 N–H and O–H groups in total. The number of fused-ring (bicyclic) bond motifs is 5. The fourth-order valence-corrected chi connectivity index (χ4v) is 13.5. The van der Waals surface area contributed by atoms with Crippen LogP contribution in [0.2, 0.25) is 0 Å². The number of aliphatic carboxylic acids is 1. The zero-order valence-electron chi connectivity index (χ0n) is 53.0. The van der Waals surface area contributed by atoms with Gasteiger partial charge in [0.25, 0.3) is 0 Å². The molecule has 518 valence electrons. The number of hydrogen-bond acceptors (Lipinski definition) is 16. The number of aromatic nitrogens is 4. The Morgan fingerprint density at radius 2 is 1.22 bits per heavy atom. The van der Waals surface area contributed by atoms with E-state index in [-0.39, 0.29) is 73.3 Å². The van der Waals surface area contributed by atoms with Gasteiger partial charge in [0.05, 0.1) is 19.3 Å².